The topological polar surface area (TPSA) is 101 Å². The number of ether oxygens (including phenoxy) is 1. The minimum atomic E-state index is -4.53. The zero-order valence-electron chi connectivity index (χ0n) is 17.7. The van der Waals surface area contributed by atoms with Gasteiger partial charge in [0, 0.05) is 12.7 Å². The average molecular weight is 469 g/mol. The number of halogens is 3. The summed E-state index contributed by atoms with van der Waals surface area (Å²) < 4.78 is 43.8. The average Bonchev–Trinajstić information content (AvgIpc) is 3.09. The van der Waals surface area contributed by atoms with E-state index < -0.39 is 12.3 Å². The Hall–Kier alpha value is -2.99. The molecule has 0 radical (unpaired) electrons. The molecule has 3 rings (SSSR count). The second kappa shape index (κ2) is 10.1. The number of aromatic nitrogens is 3. The van der Waals surface area contributed by atoms with Gasteiger partial charge in [-0.1, -0.05) is 0 Å². The van der Waals surface area contributed by atoms with Gasteiger partial charge in [-0.15, -0.1) is 11.3 Å². The van der Waals surface area contributed by atoms with Crippen LogP contribution in [0.15, 0.2) is 24.7 Å². The summed E-state index contributed by atoms with van der Waals surface area (Å²) in [5.41, 5.74) is 0.890. The van der Waals surface area contributed by atoms with Crippen molar-refractivity contribution in [3.05, 3.63) is 35.1 Å². The molecule has 1 amide bonds. The number of carbonyl (C=O) groups is 1. The standard InChI is InChI=1S/C20H23F3N6O2S/c1-11-14-16(29-13-6-4-8-26-18(13)31-12(2)20(21,22)23)27-10-28-19(14)32-15(11)17(30)25-9-5-7-24-3/h4,6,8,10,12,24H,5,7,9H2,1-3H3,(H,25,30)(H,27,28,29). The molecular formula is C20H23F3N6O2S. The smallest absolute Gasteiger partial charge is 0.425 e. The number of aryl methyl sites for hydroxylation is 1. The lowest BCUT2D eigenvalue weighted by atomic mass is 10.2. The Bertz CT molecular complexity index is 1090. The van der Waals surface area contributed by atoms with E-state index in [9.17, 15) is 18.0 Å². The van der Waals surface area contributed by atoms with Gasteiger partial charge in [-0.05, 0) is 51.6 Å². The molecule has 3 heterocycles. The van der Waals surface area contributed by atoms with Crippen molar-refractivity contribution in [3.8, 4) is 5.88 Å². The van der Waals surface area contributed by atoms with Crippen LogP contribution in [0.1, 0.15) is 28.6 Å². The first-order chi connectivity index (χ1) is 15.2. The molecule has 12 heteroatoms. The van der Waals surface area contributed by atoms with Crippen LogP contribution in [0.25, 0.3) is 10.2 Å². The Morgan fingerprint density at radius 1 is 1.25 bits per heavy atom. The Morgan fingerprint density at radius 2 is 2.03 bits per heavy atom. The molecular weight excluding hydrogens is 445 g/mol. The lowest BCUT2D eigenvalue weighted by molar-refractivity contribution is -0.189. The highest BCUT2D eigenvalue weighted by molar-refractivity contribution is 7.20. The van der Waals surface area contributed by atoms with Crippen molar-refractivity contribution in [2.75, 3.05) is 25.5 Å². The number of nitrogens with zero attached hydrogens (tertiary/aromatic N) is 3. The third kappa shape index (κ3) is 5.43. The molecule has 0 aliphatic rings. The van der Waals surface area contributed by atoms with E-state index in [-0.39, 0.29) is 17.5 Å². The van der Waals surface area contributed by atoms with Crippen LogP contribution in [-0.4, -0.2) is 53.3 Å². The van der Waals surface area contributed by atoms with Crippen molar-refractivity contribution in [1.29, 1.82) is 0 Å². The Balaban J connectivity index is 1.88. The zero-order chi connectivity index (χ0) is 23.3. The molecule has 1 atom stereocenters. The third-order valence-corrected chi connectivity index (χ3v) is 5.79. The van der Waals surface area contributed by atoms with Crippen molar-refractivity contribution in [2.24, 2.45) is 0 Å². The first kappa shape index (κ1) is 23.7. The van der Waals surface area contributed by atoms with Crippen LogP contribution in [0.5, 0.6) is 5.88 Å². The Morgan fingerprint density at radius 3 is 2.75 bits per heavy atom. The molecule has 1 unspecified atom stereocenters. The van der Waals surface area contributed by atoms with Crippen molar-refractivity contribution >= 4 is 39.0 Å². The van der Waals surface area contributed by atoms with Gasteiger partial charge in [-0.2, -0.15) is 13.2 Å². The fourth-order valence-electron chi connectivity index (χ4n) is 2.87. The van der Waals surface area contributed by atoms with Crippen molar-refractivity contribution in [1.82, 2.24) is 25.6 Å². The maximum absolute atomic E-state index is 12.9. The molecule has 0 bridgehead atoms. The molecule has 0 aromatic carbocycles. The van der Waals surface area contributed by atoms with Gasteiger partial charge in [0.25, 0.3) is 5.91 Å². The van der Waals surface area contributed by atoms with E-state index >= 15 is 0 Å². The van der Waals surface area contributed by atoms with E-state index in [4.69, 9.17) is 4.74 Å². The number of nitrogens with one attached hydrogen (secondary N) is 3. The van der Waals surface area contributed by atoms with Crippen LogP contribution >= 0.6 is 11.3 Å². The van der Waals surface area contributed by atoms with Gasteiger partial charge in [-0.25, -0.2) is 15.0 Å². The van der Waals surface area contributed by atoms with Crippen LogP contribution in [0.3, 0.4) is 0 Å². The minimum Gasteiger partial charge on any atom is -0.464 e. The van der Waals surface area contributed by atoms with Crippen LogP contribution < -0.4 is 20.7 Å². The number of alkyl halides is 3. The van der Waals surface area contributed by atoms with Gasteiger partial charge in [0.1, 0.15) is 22.7 Å². The molecule has 8 nitrogen and oxygen atoms in total. The lowest BCUT2D eigenvalue weighted by Gasteiger charge is -2.19. The monoisotopic (exact) mass is 468 g/mol. The predicted molar refractivity (Wildman–Crippen MR) is 117 cm³/mol. The first-order valence-electron chi connectivity index (χ1n) is 9.84. The first-order valence-corrected chi connectivity index (χ1v) is 10.7. The van der Waals surface area contributed by atoms with Gasteiger partial charge >= 0.3 is 6.18 Å². The molecule has 172 valence electrons. The number of hydrogen-bond acceptors (Lipinski definition) is 8. The second-order valence-corrected chi connectivity index (χ2v) is 7.95. The molecule has 0 aliphatic carbocycles. The van der Waals surface area contributed by atoms with E-state index in [2.05, 4.69) is 30.9 Å². The molecule has 3 aromatic heterocycles. The van der Waals surface area contributed by atoms with Gasteiger partial charge < -0.3 is 20.7 Å². The summed E-state index contributed by atoms with van der Waals surface area (Å²) in [6, 6.07) is 3.10. The van der Waals surface area contributed by atoms with Crippen LogP contribution in [0, 0.1) is 6.92 Å². The van der Waals surface area contributed by atoms with Crippen molar-refractivity contribution < 1.29 is 22.7 Å². The number of thiophene rings is 1. The van der Waals surface area contributed by atoms with Gasteiger partial charge in [-0.3, -0.25) is 4.79 Å². The lowest BCUT2D eigenvalue weighted by Crippen LogP contribution is -2.31. The fourth-order valence-corrected chi connectivity index (χ4v) is 3.94. The number of rotatable bonds is 9. The highest BCUT2D eigenvalue weighted by Crippen LogP contribution is 2.36. The van der Waals surface area contributed by atoms with Crippen LogP contribution in [0.4, 0.5) is 24.7 Å². The number of carbonyl (C=O) groups excluding carboxylic acids is 1. The molecule has 0 saturated heterocycles. The van der Waals surface area contributed by atoms with Gasteiger partial charge in [0.15, 0.2) is 6.10 Å². The molecule has 0 fully saturated rings. The summed E-state index contributed by atoms with van der Waals surface area (Å²) in [5, 5.41) is 9.49. The normalized spacial score (nSPS) is 12.6. The minimum absolute atomic E-state index is 0.209. The Kier molecular flexibility index (Phi) is 7.46. The quantitative estimate of drug-likeness (QED) is 0.411. The highest BCUT2D eigenvalue weighted by atomic mass is 32.1. The van der Waals surface area contributed by atoms with Crippen molar-refractivity contribution in [2.45, 2.75) is 32.5 Å². The predicted octanol–water partition coefficient (Wildman–Crippen LogP) is 3.81. The van der Waals surface area contributed by atoms with Crippen LogP contribution in [0.2, 0.25) is 0 Å². The number of hydrogen-bond donors (Lipinski definition) is 3. The van der Waals surface area contributed by atoms with Crippen LogP contribution in [-0.2, 0) is 0 Å². The summed E-state index contributed by atoms with van der Waals surface area (Å²) in [6.07, 6.45) is -3.12. The summed E-state index contributed by atoms with van der Waals surface area (Å²) in [7, 11) is 1.84. The van der Waals surface area contributed by atoms with Crippen molar-refractivity contribution in [3.63, 3.8) is 0 Å². The van der Waals surface area contributed by atoms with E-state index in [1.165, 1.54) is 29.9 Å². The van der Waals surface area contributed by atoms with E-state index in [1.807, 2.05) is 7.05 Å². The van der Waals surface area contributed by atoms with E-state index in [1.54, 1.807) is 13.0 Å². The molecule has 32 heavy (non-hydrogen) atoms. The van der Waals surface area contributed by atoms with Gasteiger partial charge in [0.05, 0.1) is 10.3 Å². The summed E-state index contributed by atoms with van der Waals surface area (Å²) >= 11 is 1.22. The largest absolute Gasteiger partial charge is 0.464 e. The fraction of sp³-hybridized carbons (Fsp3) is 0.400. The number of pyridine rings is 1. The second-order valence-electron chi connectivity index (χ2n) is 6.95. The van der Waals surface area contributed by atoms with E-state index in [0.29, 0.717) is 33.0 Å². The van der Waals surface area contributed by atoms with Gasteiger partial charge in [0.2, 0.25) is 5.88 Å². The number of amides is 1. The molecule has 0 spiro atoms. The maximum Gasteiger partial charge on any atom is 0.425 e. The van der Waals surface area contributed by atoms with E-state index in [0.717, 1.165) is 19.9 Å². The zero-order valence-corrected chi connectivity index (χ0v) is 18.5. The SMILES string of the molecule is CNCCCNC(=O)c1sc2ncnc(Nc3cccnc3OC(C)C(F)(F)F)c2c1C. The molecule has 3 aromatic rings. The molecule has 0 saturated carbocycles. The third-order valence-electron chi connectivity index (χ3n) is 4.60. The summed E-state index contributed by atoms with van der Waals surface area (Å²) in [4.78, 5) is 26.1. The summed E-state index contributed by atoms with van der Waals surface area (Å²) in [5.74, 6) is -0.0769. The number of fused-ring (bicyclic) bond motifs is 1. The molecule has 0 aliphatic heterocycles. The maximum atomic E-state index is 12.9. The molecule has 3 N–H and O–H groups in total. The highest BCUT2D eigenvalue weighted by Gasteiger charge is 2.38. The summed E-state index contributed by atoms with van der Waals surface area (Å²) in [6.45, 7) is 4.00. The Labute approximate surface area is 186 Å². The number of anilines is 2.